The molecule has 2 aromatic rings. The van der Waals surface area contributed by atoms with Gasteiger partial charge in [0.1, 0.15) is 5.75 Å². The molecule has 0 aliphatic heterocycles. The molecule has 0 bridgehead atoms. The largest absolute Gasteiger partial charge is 0.492 e. The highest BCUT2D eigenvalue weighted by molar-refractivity contribution is 6.32. The Labute approximate surface area is 206 Å². The second-order valence-corrected chi connectivity index (χ2v) is 9.26. The lowest BCUT2D eigenvalue weighted by Gasteiger charge is -2.08. The molecule has 2 N–H and O–H groups in total. The molecule has 0 spiro atoms. The zero-order valence-electron chi connectivity index (χ0n) is 20.4. The van der Waals surface area contributed by atoms with E-state index in [2.05, 4.69) is 17.2 Å². The van der Waals surface area contributed by atoms with E-state index in [4.69, 9.17) is 22.1 Å². The van der Waals surface area contributed by atoms with E-state index < -0.39 is 0 Å². The molecule has 5 heteroatoms. The van der Waals surface area contributed by atoms with Crippen molar-refractivity contribution in [2.75, 3.05) is 12.3 Å². The topological polar surface area (TPSA) is 60.0 Å². The summed E-state index contributed by atoms with van der Waals surface area (Å²) in [4.78, 5) is 0. The minimum atomic E-state index is 0.564. The van der Waals surface area contributed by atoms with Crippen molar-refractivity contribution in [3.05, 3.63) is 47.5 Å². The second kappa shape index (κ2) is 17.4. The summed E-state index contributed by atoms with van der Waals surface area (Å²) in [6, 6.07) is 12.8. The van der Waals surface area contributed by atoms with Gasteiger partial charge < -0.3 is 10.5 Å². The predicted molar refractivity (Wildman–Crippen MR) is 142 cm³/mol. The predicted octanol–water partition coefficient (Wildman–Crippen LogP) is 10.2. The first-order chi connectivity index (χ1) is 16.2. The molecule has 2 aromatic carbocycles. The van der Waals surface area contributed by atoms with Crippen LogP contribution >= 0.6 is 11.6 Å². The van der Waals surface area contributed by atoms with Gasteiger partial charge in [-0.05, 0) is 48.9 Å². The highest BCUT2D eigenvalue weighted by Gasteiger charge is 2.03. The van der Waals surface area contributed by atoms with Crippen LogP contribution in [-0.4, -0.2) is 6.61 Å². The van der Waals surface area contributed by atoms with Crippen LogP contribution in [0.15, 0.2) is 52.7 Å². The van der Waals surface area contributed by atoms with Gasteiger partial charge in [-0.1, -0.05) is 102 Å². The van der Waals surface area contributed by atoms with Crippen LogP contribution in [0.1, 0.15) is 96.8 Å². The van der Waals surface area contributed by atoms with Crippen molar-refractivity contribution < 1.29 is 4.74 Å². The molecule has 0 aliphatic rings. The standard InChI is InChI=1S/C28H42ClN3O/c1-2-3-4-5-6-7-8-9-10-11-12-13-14-15-22-33-28-21-20-26(23-27(28)29)32-31-25-18-16-24(30)17-19-25/h16-21,23H,2-15,22,30H2,1H3. The van der Waals surface area contributed by atoms with Crippen LogP contribution in [0.2, 0.25) is 5.02 Å². The Balaban J connectivity index is 1.49. The van der Waals surface area contributed by atoms with Crippen LogP contribution in [0.4, 0.5) is 17.1 Å². The number of anilines is 1. The molecule has 0 amide bonds. The minimum Gasteiger partial charge on any atom is -0.492 e. The Morgan fingerprint density at radius 3 is 1.70 bits per heavy atom. The first kappa shape index (κ1) is 27.2. The van der Waals surface area contributed by atoms with E-state index >= 15 is 0 Å². The molecule has 0 atom stereocenters. The summed E-state index contributed by atoms with van der Waals surface area (Å²) in [5, 5.41) is 9.00. The normalized spacial score (nSPS) is 11.3. The maximum atomic E-state index is 6.35. The Hall–Kier alpha value is -2.07. The lowest BCUT2D eigenvalue weighted by atomic mass is 10.0. The van der Waals surface area contributed by atoms with Crippen molar-refractivity contribution in [2.24, 2.45) is 10.2 Å². The van der Waals surface area contributed by atoms with Crippen molar-refractivity contribution in [3.8, 4) is 5.75 Å². The van der Waals surface area contributed by atoms with Gasteiger partial charge in [0.2, 0.25) is 0 Å². The molecule has 0 radical (unpaired) electrons. The van der Waals surface area contributed by atoms with Crippen LogP contribution in [0.3, 0.4) is 0 Å². The maximum absolute atomic E-state index is 6.35. The fourth-order valence-electron chi connectivity index (χ4n) is 3.80. The number of azo groups is 1. The number of nitrogens with zero attached hydrogens (tertiary/aromatic N) is 2. The van der Waals surface area contributed by atoms with Crippen molar-refractivity contribution in [1.82, 2.24) is 0 Å². The van der Waals surface area contributed by atoms with E-state index in [1.165, 1.54) is 83.5 Å². The second-order valence-electron chi connectivity index (χ2n) is 8.85. The van der Waals surface area contributed by atoms with E-state index in [1.54, 1.807) is 18.2 Å². The Morgan fingerprint density at radius 1 is 0.667 bits per heavy atom. The Morgan fingerprint density at radius 2 is 1.15 bits per heavy atom. The van der Waals surface area contributed by atoms with Gasteiger partial charge in [-0.3, -0.25) is 0 Å². The third-order valence-electron chi connectivity index (χ3n) is 5.84. The van der Waals surface area contributed by atoms with Gasteiger partial charge in [0.05, 0.1) is 23.0 Å². The smallest absolute Gasteiger partial charge is 0.138 e. The number of rotatable bonds is 18. The molecule has 2 rings (SSSR count). The maximum Gasteiger partial charge on any atom is 0.138 e. The third kappa shape index (κ3) is 12.7. The van der Waals surface area contributed by atoms with E-state index in [1.807, 2.05) is 24.3 Å². The Bertz CT molecular complexity index is 792. The summed E-state index contributed by atoms with van der Waals surface area (Å²) in [6.45, 7) is 2.98. The summed E-state index contributed by atoms with van der Waals surface area (Å²) in [5.41, 5.74) is 7.83. The molecular weight excluding hydrogens is 430 g/mol. The molecule has 0 aliphatic carbocycles. The molecule has 0 heterocycles. The minimum absolute atomic E-state index is 0.564. The van der Waals surface area contributed by atoms with Gasteiger partial charge in [0.15, 0.2) is 0 Å². The monoisotopic (exact) mass is 471 g/mol. The summed E-state index contributed by atoms with van der Waals surface area (Å²) in [5.74, 6) is 0.706. The Kier molecular flexibility index (Phi) is 14.3. The fraction of sp³-hybridized carbons (Fsp3) is 0.571. The van der Waals surface area contributed by atoms with Crippen LogP contribution in [-0.2, 0) is 0 Å². The van der Waals surface area contributed by atoms with Gasteiger partial charge >= 0.3 is 0 Å². The number of hydrogen-bond acceptors (Lipinski definition) is 4. The van der Waals surface area contributed by atoms with Gasteiger partial charge in [0.25, 0.3) is 0 Å². The summed E-state index contributed by atoms with van der Waals surface area (Å²) in [7, 11) is 0. The average Bonchev–Trinajstić information content (AvgIpc) is 2.82. The van der Waals surface area contributed by atoms with Crippen LogP contribution in [0.5, 0.6) is 5.75 Å². The van der Waals surface area contributed by atoms with Gasteiger partial charge in [-0.25, -0.2) is 0 Å². The number of nitrogen functional groups attached to an aromatic ring is 1. The number of hydrogen-bond donors (Lipinski definition) is 1. The first-order valence-corrected chi connectivity index (χ1v) is 13.3. The van der Waals surface area contributed by atoms with E-state index in [0.717, 1.165) is 12.1 Å². The quantitative estimate of drug-likeness (QED) is 0.133. The lowest BCUT2D eigenvalue weighted by molar-refractivity contribution is 0.304. The van der Waals surface area contributed by atoms with Crippen molar-refractivity contribution in [3.63, 3.8) is 0 Å². The SMILES string of the molecule is CCCCCCCCCCCCCCCCOc1ccc(N=Nc2ccc(N)cc2)cc1Cl. The number of halogens is 1. The summed E-state index contributed by atoms with van der Waals surface area (Å²) in [6.07, 6.45) is 19.0. The molecule has 182 valence electrons. The molecule has 0 aromatic heterocycles. The van der Waals surface area contributed by atoms with Gasteiger partial charge in [-0.15, -0.1) is 0 Å². The number of unbranched alkanes of at least 4 members (excludes halogenated alkanes) is 13. The van der Waals surface area contributed by atoms with Crippen molar-refractivity contribution >= 4 is 28.7 Å². The molecular formula is C28H42ClN3O. The molecule has 0 saturated heterocycles. The highest BCUT2D eigenvalue weighted by atomic mass is 35.5. The third-order valence-corrected chi connectivity index (χ3v) is 6.14. The number of nitrogens with two attached hydrogens (primary N) is 1. The molecule has 33 heavy (non-hydrogen) atoms. The summed E-state index contributed by atoms with van der Waals surface area (Å²) < 4.78 is 5.86. The molecule has 4 nitrogen and oxygen atoms in total. The van der Waals surface area contributed by atoms with Crippen LogP contribution in [0.25, 0.3) is 0 Å². The number of ether oxygens (including phenoxy) is 1. The highest BCUT2D eigenvalue weighted by Crippen LogP contribution is 2.30. The van der Waals surface area contributed by atoms with Crippen molar-refractivity contribution in [2.45, 2.75) is 96.8 Å². The van der Waals surface area contributed by atoms with Gasteiger partial charge in [0, 0.05) is 5.69 Å². The molecule has 0 saturated carbocycles. The zero-order valence-corrected chi connectivity index (χ0v) is 21.2. The van der Waals surface area contributed by atoms with Crippen molar-refractivity contribution in [1.29, 1.82) is 0 Å². The van der Waals surface area contributed by atoms with E-state index in [0.29, 0.717) is 28.8 Å². The van der Waals surface area contributed by atoms with Crippen LogP contribution < -0.4 is 10.5 Å². The van der Waals surface area contributed by atoms with Crippen LogP contribution in [0, 0.1) is 0 Å². The van der Waals surface area contributed by atoms with E-state index in [-0.39, 0.29) is 0 Å². The van der Waals surface area contributed by atoms with E-state index in [9.17, 15) is 0 Å². The summed E-state index contributed by atoms with van der Waals surface area (Å²) >= 11 is 6.35. The first-order valence-electron chi connectivity index (χ1n) is 12.9. The molecule has 0 unspecified atom stereocenters. The van der Waals surface area contributed by atoms with Gasteiger partial charge in [-0.2, -0.15) is 10.2 Å². The number of benzene rings is 2. The fourth-order valence-corrected chi connectivity index (χ4v) is 4.03. The average molecular weight is 472 g/mol. The molecule has 0 fully saturated rings. The lowest BCUT2D eigenvalue weighted by Crippen LogP contribution is -1.97. The zero-order chi connectivity index (χ0) is 23.6.